The molecule has 0 saturated carbocycles. The number of aromatic nitrogens is 5. The summed E-state index contributed by atoms with van der Waals surface area (Å²) in [4.78, 5) is 21.4. The maximum Gasteiger partial charge on any atom is 0.277 e. The van der Waals surface area contributed by atoms with Crippen LogP contribution in [0.2, 0.25) is 0 Å². The number of nitrogens with one attached hydrogen (secondary N) is 1. The Morgan fingerprint density at radius 2 is 2.17 bits per heavy atom. The molecular weight excluding hydrogens is 313 g/mol. The van der Waals surface area contributed by atoms with E-state index in [0.717, 1.165) is 0 Å². The quantitative estimate of drug-likeness (QED) is 0.623. The van der Waals surface area contributed by atoms with Gasteiger partial charge in [0.15, 0.2) is 11.5 Å². The van der Waals surface area contributed by atoms with Gasteiger partial charge in [0.1, 0.15) is 11.5 Å². The molecule has 3 aromatic heterocycles. The van der Waals surface area contributed by atoms with Crippen molar-refractivity contribution in [3.8, 4) is 11.6 Å². The number of H-pyrrole nitrogens is 1. The number of fused-ring (bicyclic) bond motifs is 1. The first-order chi connectivity index (χ1) is 11.6. The van der Waals surface area contributed by atoms with Gasteiger partial charge in [-0.05, 0) is 24.6 Å². The Labute approximate surface area is 134 Å². The predicted octanol–water partition coefficient (Wildman–Crippen LogP) is 2.11. The fourth-order valence-corrected chi connectivity index (χ4v) is 2.58. The second kappa shape index (κ2) is 5.41. The molecule has 120 valence electrons. The molecule has 0 spiro atoms. The molecule has 0 fully saturated rings. The van der Waals surface area contributed by atoms with Gasteiger partial charge in [0, 0.05) is 18.7 Å². The van der Waals surface area contributed by atoms with Gasteiger partial charge in [-0.2, -0.15) is 4.98 Å². The van der Waals surface area contributed by atoms with Crippen molar-refractivity contribution in [2.45, 2.75) is 13.3 Å². The van der Waals surface area contributed by atoms with Gasteiger partial charge in [0.25, 0.3) is 11.4 Å². The highest BCUT2D eigenvalue weighted by atomic mass is 19.1. The van der Waals surface area contributed by atoms with Gasteiger partial charge < -0.3 is 4.52 Å². The number of hydrogen-bond acceptors (Lipinski definition) is 5. The van der Waals surface area contributed by atoms with Crippen LogP contribution in [-0.4, -0.2) is 24.7 Å². The molecule has 7 nitrogen and oxygen atoms in total. The fraction of sp³-hybridized carbons (Fsp3) is 0.125. The normalized spacial score (nSPS) is 11.2. The van der Waals surface area contributed by atoms with E-state index in [1.165, 1.54) is 16.6 Å². The van der Waals surface area contributed by atoms with E-state index in [1.807, 2.05) is 0 Å². The molecule has 0 aliphatic carbocycles. The van der Waals surface area contributed by atoms with E-state index >= 15 is 0 Å². The summed E-state index contributed by atoms with van der Waals surface area (Å²) < 4.78 is 20.0. The molecule has 0 aliphatic rings. The summed E-state index contributed by atoms with van der Waals surface area (Å²) in [5.74, 6) is 0.245. The van der Waals surface area contributed by atoms with Crippen LogP contribution in [0, 0.1) is 12.7 Å². The molecule has 0 unspecified atom stereocenters. The maximum atomic E-state index is 13.5. The number of nitrogens with zero attached hydrogens (tertiary/aromatic N) is 4. The third-order valence-corrected chi connectivity index (χ3v) is 3.64. The van der Waals surface area contributed by atoms with Crippen molar-refractivity contribution < 1.29 is 8.91 Å². The molecule has 8 heteroatoms. The van der Waals surface area contributed by atoms with Crippen LogP contribution in [0.15, 0.2) is 45.8 Å². The van der Waals surface area contributed by atoms with Crippen LogP contribution in [0.3, 0.4) is 0 Å². The molecule has 0 amide bonds. The molecule has 1 aromatic carbocycles. The van der Waals surface area contributed by atoms with Gasteiger partial charge in [-0.25, -0.2) is 13.9 Å². The van der Waals surface area contributed by atoms with Crippen molar-refractivity contribution in [2.75, 3.05) is 0 Å². The number of halogens is 1. The smallest absolute Gasteiger partial charge is 0.277 e. The largest absolute Gasteiger partial charge is 0.332 e. The molecule has 0 bridgehead atoms. The molecule has 0 atom stereocenters. The second-order valence-electron chi connectivity index (χ2n) is 5.35. The molecule has 24 heavy (non-hydrogen) atoms. The van der Waals surface area contributed by atoms with Gasteiger partial charge in [0.2, 0.25) is 0 Å². The number of aromatic amines is 1. The molecule has 0 aliphatic heterocycles. The zero-order valence-corrected chi connectivity index (χ0v) is 12.7. The van der Waals surface area contributed by atoms with Crippen molar-refractivity contribution in [1.29, 1.82) is 0 Å². The summed E-state index contributed by atoms with van der Waals surface area (Å²) in [6.07, 6.45) is 1.81. The van der Waals surface area contributed by atoms with E-state index in [2.05, 4.69) is 20.2 Å². The number of hydrogen-bond donors (Lipinski definition) is 1. The highest BCUT2D eigenvalue weighted by Crippen LogP contribution is 2.21. The van der Waals surface area contributed by atoms with E-state index in [1.54, 1.807) is 31.3 Å². The lowest BCUT2D eigenvalue weighted by Gasteiger charge is -2.06. The van der Waals surface area contributed by atoms with E-state index in [-0.39, 0.29) is 23.7 Å². The average Bonchev–Trinajstić information content (AvgIpc) is 3.19. The Kier molecular flexibility index (Phi) is 3.23. The Balaban J connectivity index is 1.94. The Morgan fingerprint density at radius 1 is 1.29 bits per heavy atom. The first kappa shape index (κ1) is 14.3. The lowest BCUT2D eigenvalue weighted by molar-refractivity contribution is 0.424. The third kappa shape index (κ3) is 2.37. The van der Waals surface area contributed by atoms with E-state index in [4.69, 9.17) is 4.52 Å². The number of rotatable bonds is 3. The van der Waals surface area contributed by atoms with Crippen LogP contribution >= 0.6 is 0 Å². The van der Waals surface area contributed by atoms with Crippen molar-refractivity contribution in [2.24, 2.45) is 0 Å². The van der Waals surface area contributed by atoms with Crippen LogP contribution in [0.4, 0.5) is 4.39 Å². The summed E-state index contributed by atoms with van der Waals surface area (Å²) in [5, 5.41) is 6.56. The van der Waals surface area contributed by atoms with Gasteiger partial charge in [-0.15, -0.1) is 0 Å². The van der Waals surface area contributed by atoms with Gasteiger partial charge >= 0.3 is 0 Å². The Bertz CT molecular complexity index is 1100. The van der Waals surface area contributed by atoms with Crippen molar-refractivity contribution in [1.82, 2.24) is 24.7 Å². The van der Waals surface area contributed by atoms with E-state index in [0.29, 0.717) is 28.3 Å². The SMILES string of the molecule is Cc1noc(-c2nc3cc[nH]n3c(=O)c2Cc2cccc(F)c2)n1. The van der Waals surface area contributed by atoms with Crippen LogP contribution in [-0.2, 0) is 6.42 Å². The summed E-state index contributed by atoms with van der Waals surface area (Å²) in [6.45, 7) is 1.68. The first-order valence-corrected chi connectivity index (χ1v) is 7.26. The van der Waals surface area contributed by atoms with Gasteiger partial charge in [-0.1, -0.05) is 17.3 Å². The number of benzene rings is 1. The van der Waals surface area contributed by atoms with Crippen LogP contribution in [0.25, 0.3) is 17.2 Å². The summed E-state index contributed by atoms with van der Waals surface area (Å²) in [5.41, 5.74) is 1.46. The molecule has 1 N–H and O–H groups in total. The third-order valence-electron chi connectivity index (χ3n) is 3.64. The standard InChI is InChI=1S/C16H12FN5O2/c1-9-19-15(24-21-9)14-12(8-10-3-2-4-11(17)7-10)16(23)22-13(20-14)5-6-18-22/h2-7,18H,8H2,1H3. The number of aryl methyl sites for hydroxylation is 1. The molecule has 4 aromatic rings. The van der Waals surface area contributed by atoms with E-state index < -0.39 is 0 Å². The predicted molar refractivity (Wildman–Crippen MR) is 83.0 cm³/mol. The van der Waals surface area contributed by atoms with Crippen LogP contribution in [0.5, 0.6) is 0 Å². The summed E-state index contributed by atoms with van der Waals surface area (Å²) in [6, 6.07) is 7.74. The molecule has 3 heterocycles. The molecule has 0 radical (unpaired) electrons. The Hall–Kier alpha value is -3.29. The average molecular weight is 325 g/mol. The zero-order chi connectivity index (χ0) is 16.7. The molecule has 4 rings (SSSR count). The van der Waals surface area contributed by atoms with Crippen LogP contribution in [0.1, 0.15) is 17.0 Å². The summed E-state index contributed by atoms with van der Waals surface area (Å²) in [7, 11) is 0. The first-order valence-electron chi connectivity index (χ1n) is 7.26. The van der Waals surface area contributed by atoms with Gasteiger partial charge in [-0.3, -0.25) is 9.89 Å². The highest BCUT2D eigenvalue weighted by molar-refractivity contribution is 5.58. The highest BCUT2D eigenvalue weighted by Gasteiger charge is 2.20. The monoisotopic (exact) mass is 325 g/mol. The molecular formula is C16H12FN5O2. The lowest BCUT2D eigenvalue weighted by atomic mass is 10.0. The zero-order valence-electron chi connectivity index (χ0n) is 12.7. The summed E-state index contributed by atoms with van der Waals surface area (Å²) >= 11 is 0. The maximum absolute atomic E-state index is 13.5. The minimum Gasteiger partial charge on any atom is -0.332 e. The fourth-order valence-electron chi connectivity index (χ4n) is 2.58. The molecule has 0 saturated heterocycles. The second-order valence-corrected chi connectivity index (χ2v) is 5.35. The lowest BCUT2D eigenvalue weighted by Crippen LogP contribution is -2.21. The topological polar surface area (TPSA) is 89.1 Å². The Morgan fingerprint density at radius 3 is 2.92 bits per heavy atom. The van der Waals surface area contributed by atoms with Crippen molar-refractivity contribution in [3.05, 3.63) is 69.7 Å². The minimum atomic E-state index is -0.364. The van der Waals surface area contributed by atoms with E-state index in [9.17, 15) is 9.18 Å². The van der Waals surface area contributed by atoms with Crippen molar-refractivity contribution in [3.63, 3.8) is 0 Å². The van der Waals surface area contributed by atoms with Crippen LogP contribution < -0.4 is 5.56 Å². The van der Waals surface area contributed by atoms with Crippen molar-refractivity contribution >= 4 is 5.65 Å². The van der Waals surface area contributed by atoms with Gasteiger partial charge in [0.05, 0.1) is 5.56 Å². The minimum absolute atomic E-state index is 0.166.